The van der Waals surface area contributed by atoms with Gasteiger partial charge < -0.3 is 48.1 Å². The second kappa shape index (κ2) is 24.2. The molecule has 4 bridgehead atoms. The first-order valence-electron chi connectivity index (χ1n) is 17.0. The Morgan fingerprint density at radius 3 is 1.27 bits per heavy atom. The first kappa shape index (κ1) is 45.0. The molecule has 0 aromatic rings. The summed E-state index contributed by atoms with van der Waals surface area (Å²) in [6, 6.07) is 0. The van der Waals surface area contributed by atoms with Crippen LogP contribution in [0.15, 0.2) is 0 Å². The van der Waals surface area contributed by atoms with Gasteiger partial charge in [-0.3, -0.25) is 24.2 Å². The van der Waals surface area contributed by atoms with Crippen molar-refractivity contribution in [1.29, 1.82) is 0 Å². The number of halogens is 1. The third kappa shape index (κ3) is 13.6. The molecule has 0 unspecified atom stereocenters. The molecule has 2 N–H and O–H groups in total. The van der Waals surface area contributed by atoms with Crippen molar-refractivity contribution in [3.8, 4) is 0 Å². The van der Waals surface area contributed by atoms with Crippen molar-refractivity contribution in [2.75, 3.05) is 133 Å². The third-order valence-electron chi connectivity index (χ3n) is 9.28. The van der Waals surface area contributed by atoms with Crippen molar-refractivity contribution in [1.82, 2.24) is 9.80 Å². The van der Waals surface area contributed by atoms with Gasteiger partial charge in [0.05, 0.1) is 52.9 Å². The lowest BCUT2D eigenvalue weighted by molar-refractivity contribution is -0.175. The second-order valence-corrected chi connectivity index (χ2v) is 12.9. The number of ketones is 2. The molecule has 294 valence electrons. The van der Waals surface area contributed by atoms with Crippen LogP contribution in [0.5, 0.6) is 0 Å². The van der Waals surface area contributed by atoms with Gasteiger partial charge in [0.2, 0.25) is 5.24 Å². The number of carbonyl (C=O) groups excluding carboxylic acids is 5. The standard InChI is InChI=1S/C19H31NO9.C9H15NO3.C5H9ClO3/c1-24-7-9-26-11-16(21)28-13-19(14-29-17(22)12-27-10-8-25-2)18(23)15-3-5-20(19)6-4-15;11-5-9(6-12)8(13)7-1-3-10(9)4-2-7;1-8-2-3-9-4-5(6)7/h15H,3-14H2,1-2H3;7,11-12H,1-6H2;2-4H2,1H3. The maximum atomic E-state index is 13.0. The van der Waals surface area contributed by atoms with E-state index in [2.05, 4.69) is 4.74 Å². The molecule has 0 amide bonds. The van der Waals surface area contributed by atoms with Gasteiger partial charge in [-0.05, 0) is 50.4 Å². The fourth-order valence-corrected chi connectivity index (χ4v) is 6.43. The predicted molar refractivity (Wildman–Crippen MR) is 179 cm³/mol. The lowest BCUT2D eigenvalue weighted by Gasteiger charge is -2.51. The first-order chi connectivity index (χ1) is 24.5. The molecule has 0 aromatic heterocycles. The molecule has 18 heteroatoms. The molecule has 0 saturated carbocycles. The van der Waals surface area contributed by atoms with E-state index in [1.807, 2.05) is 9.80 Å². The summed E-state index contributed by atoms with van der Waals surface area (Å²) in [7, 11) is 4.63. The van der Waals surface area contributed by atoms with E-state index in [4.69, 9.17) is 44.8 Å². The van der Waals surface area contributed by atoms with Crippen molar-refractivity contribution in [3.05, 3.63) is 0 Å². The SMILES string of the molecule is COCCOCC(=O)Cl.COCCOCC(=O)OCC1(COC(=O)COCCOC)C(=O)C2CCN1CC2.O=C1C2CCN(CC2)C1(CO)CO. The first-order valence-corrected chi connectivity index (χ1v) is 17.4. The summed E-state index contributed by atoms with van der Waals surface area (Å²) >= 11 is 4.95. The minimum atomic E-state index is -1.15. The molecule has 0 aromatic carbocycles. The fraction of sp³-hybridized carbons (Fsp3) is 0.848. The molecule has 6 fully saturated rings. The molecule has 0 spiro atoms. The van der Waals surface area contributed by atoms with Gasteiger partial charge >= 0.3 is 11.9 Å². The smallest absolute Gasteiger partial charge is 0.332 e. The highest BCUT2D eigenvalue weighted by Crippen LogP contribution is 2.37. The summed E-state index contributed by atoms with van der Waals surface area (Å²) in [6.45, 7) is 3.88. The van der Waals surface area contributed by atoms with Gasteiger partial charge in [-0.2, -0.15) is 0 Å². The van der Waals surface area contributed by atoms with Gasteiger partial charge in [0.25, 0.3) is 0 Å². The van der Waals surface area contributed by atoms with Crippen LogP contribution in [0.1, 0.15) is 25.7 Å². The summed E-state index contributed by atoms with van der Waals surface area (Å²) in [5.41, 5.74) is -2.10. The summed E-state index contributed by atoms with van der Waals surface area (Å²) in [4.78, 5) is 62.7. The highest BCUT2D eigenvalue weighted by Gasteiger charge is 2.55. The van der Waals surface area contributed by atoms with Crippen LogP contribution in [-0.2, 0) is 61.9 Å². The van der Waals surface area contributed by atoms with Crippen molar-refractivity contribution in [3.63, 3.8) is 0 Å². The highest BCUT2D eigenvalue weighted by molar-refractivity contribution is 6.63. The number of hydrogen-bond donors (Lipinski definition) is 2. The minimum absolute atomic E-state index is 0.0368. The molecule has 6 rings (SSSR count). The van der Waals surface area contributed by atoms with E-state index in [0.29, 0.717) is 39.5 Å². The van der Waals surface area contributed by atoms with E-state index in [9.17, 15) is 34.2 Å². The summed E-state index contributed by atoms with van der Waals surface area (Å²) in [5.74, 6) is -1.20. The lowest BCUT2D eigenvalue weighted by atomic mass is 9.74. The topological polar surface area (TPSA) is 206 Å². The molecule has 0 atom stereocenters. The number of rotatable bonds is 21. The Labute approximate surface area is 304 Å². The fourth-order valence-electron chi connectivity index (χ4n) is 6.36. The molecule has 0 aliphatic carbocycles. The molecule has 0 radical (unpaired) electrons. The Balaban J connectivity index is 0.000000333. The number of hydrogen-bond acceptors (Lipinski definition) is 17. The van der Waals surface area contributed by atoms with Crippen LogP contribution < -0.4 is 0 Å². The molecule has 6 aliphatic heterocycles. The van der Waals surface area contributed by atoms with Crippen LogP contribution in [0.2, 0.25) is 0 Å². The molecule has 6 saturated heterocycles. The number of esters is 2. The number of piperidine rings is 6. The lowest BCUT2D eigenvalue weighted by Crippen LogP contribution is -2.69. The maximum Gasteiger partial charge on any atom is 0.332 e. The third-order valence-corrected chi connectivity index (χ3v) is 9.39. The van der Waals surface area contributed by atoms with E-state index in [1.54, 1.807) is 7.11 Å². The van der Waals surface area contributed by atoms with E-state index in [-0.39, 0.29) is 82.9 Å². The van der Waals surface area contributed by atoms with Crippen LogP contribution in [0.25, 0.3) is 0 Å². The predicted octanol–water partition coefficient (Wildman–Crippen LogP) is -1.15. The average Bonchev–Trinajstić information content (AvgIpc) is 3.15. The van der Waals surface area contributed by atoms with Crippen molar-refractivity contribution in [2.24, 2.45) is 11.8 Å². The quantitative estimate of drug-likeness (QED) is 0.0806. The van der Waals surface area contributed by atoms with Crippen LogP contribution >= 0.6 is 11.6 Å². The second-order valence-electron chi connectivity index (χ2n) is 12.4. The molecular weight excluding hydrogens is 700 g/mol. The minimum Gasteiger partial charge on any atom is -0.461 e. The number of fused-ring (bicyclic) bond motifs is 6. The van der Waals surface area contributed by atoms with Crippen LogP contribution in [0, 0.1) is 11.8 Å². The number of nitrogens with zero attached hydrogens (tertiary/aromatic N) is 2. The van der Waals surface area contributed by atoms with Gasteiger partial charge in [0.1, 0.15) is 44.1 Å². The molecule has 51 heavy (non-hydrogen) atoms. The van der Waals surface area contributed by atoms with Crippen molar-refractivity contribution < 1.29 is 72.1 Å². The summed E-state index contributed by atoms with van der Waals surface area (Å²) in [5, 5.41) is 17.9. The van der Waals surface area contributed by atoms with Crippen molar-refractivity contribution >= 4 is 40.3 Å². The van der Waals surface area contributed by atoms with Gasteiger partial charge in [-0.25, -0.2) is 9.59 Å². The largest absolute Gasteiger partial charge is 0.461 e. The molecule has 6 aliphatic rings. The Morgan fingerprint density at radius 2 is 0.980 bits per heavy atom. The van der Waals surface area contributed by atoms with Crippen LogP contribution in [-0.4, -0.2) is 193 Å². The number of carbonyl (C=O) groups is 5. The van der Waals surface area contributed by atoms with E-state index < -0.39 is 28.3 Å². The van der Waals surface area contributed by atoms with E-state index >= 15 is 0 Å². The zero-order valence-corrected chi connectivity index (χ0v) is 30.7. The molecular formula is C33H55ClN2O15. The van der Waals surface area contributed by atoms with Gasteiger partial charge in [0, 0.05) is 46.3 Å². The zero-order valence-electron chi connectivity index (χ0n) is 30.0. The van der Waals surface area contributed by atoms with Gasteiger partial charge in [-0.1, -0.05) is 0 Å². The number of Topliss-reactive ketones (excluding diaryl/α,β-unsaturated/α-hetero) is 2. The highest BCUT2D eigenvalue weighted by atomic mass is 35.5. The number of aliphatic hydroxyl groups excluding tert-OH is 2. The average molecular weight is 755 g/mol. The normalized spacial score (nSPS) is 23.8. The Hall–Kier alpha value is -2.16. The summed E-state index contributed by atoms with van der Waals surface area (Å²) in [6.07, 6.45) is 3.31. The van der Waals surface area contributed by atoms with Crippen molar-refractivity contribution in [2.45, 2.75) is 36.8 Å². The number of methoxy groups -OCH3 is 3. The van der Waals surface area contributed by atoms with E-state index in [1.165, 1.54) is 14.2 Å². The number of ether oxygens (including phenoxy) is 8. The monoisotopic (exact) mass is 754 g/mol. The Bertz CT molecular complexity index is 1050. The van der Waals surface area contributed by atoms with Gasteiger partial charge in [-0.15, -0.1) is 0 Å². The molecule has 6 heterocycles. The Morgan fingerprint density at radius 1 is 0.627 bits per heavy atom. The number of aliphatic hydroxyl groups is 2. The van der Waals surface area contributed by atoms with Gasteiger partial charge in [0.15, 0.2) is 11.6 Å². The Kier molecular flexibility index (Phi) is 21.4. The maximum absolute atomic E-state index is 13.0. The zero-order chi connectivity index (χ0) is 37.7. The summed E-state index contributed by atoms with van der Waals surface area (Å²) < 4.78 is 40.0. The van der Waals surface area contributed by atoms with Crippen LogP contribution in [0.4, 0.5) is 0 Å². The van der Waals surface area contributed by atoms with Crippen LogP contribution in [0.3, 0.4) is 0 Å². The van der Waals surface area contributed by atoms with E-state index in [0.717, 1.165) is 38.8 Å². The molecule has 17 nitrogen and oxygen atoms in total.